The first-order valence-corrected chi connectivity index (χ1v) is 14.0. The molecular weight excluding hydrogens is 554 g/mol. The van der Waals surface area contributed by atoms with Crippen molar-refractivity contribution < 1.29 is 41.0 Å². The van der Waals surface area contributed by atoms with Gasteiger partial charge < -0.3 is 19.5 Å². The van der Waals surface area contributed by atoms with Gasteiger partial charge in [-0.15, -0.1) is 0 Å². The summed E-state index contributed by atoms with van der Waals surface area (Å²) in [6.45, 7) is 0.429. The monoisotopic (exact) mass is 587 g/mol. The summed E-state index contributed by atoms with van der Waals surface area (Å²) in [6.07, 6.45) is -1.54. The molecule has 0 fully saturated rings. The van der Waals surface area contributed by atoms with E-state index in [1.54, 1.807) is 48.5 Å². The maximum Gasteiger partial charge on any atom is 0.411 e. The van der Waals surface area contributed by atoms with Crippen LogP contribution in [0.2, 0.25) is 0 Å². The van der Waals surface area contributed by atoms with E-state index in [2.05, 4.69) is 25.4 Å². The highest BCUT2D eigenvalue weighted by molar-refractivity contribution is 7.80. The van der Waals surface area contributed by atoms with E-state index in [4.69, 9.17) is 8.92 Å². The molecule has 2 amide bonds. The Morgan fingerprint density at radius 3 is 1.78 bits per heavy atom. The third-order valence-corrected chi connectivity index (χ3v) is 6.42. The van der Waals surface area contributed by atoms with Crippen molar-refractivity contribution >= 4 is 34.0 Å². The molecule has 0 aliphatic heterocycles. The third-order valence-electron chi connectivity index (χ3n) is 5.91. The molecular formula is C28H33N3O9S. The number of benzene rings is 3. The van der Waals surface area contributed by atoms with Crippen molar-refractivity contribution in [2.75, 3.05) is 44.5 Å². The van der Waals surface area contributed by atoms with Crippen molar-refractivity contribution in [3.63, 3.8) is 0 Å². The fraction of sp³-hybridized carbons (Fsp3) is 0.286. The summed E-state index contributed by atoms with van der Waals surface area (Å²) in [4.78, 5) is 23.1. The zero-order valence-electron chi connectivity index (χ0n) is 22.6. The Balaban J connectivity index is 1.69. The molecule has 3 aromatic rings. The molecule has 41 heavy (non-hydrogen) atoms. The molecule has 0 bridgehead atoms. The Kier molecular flexibility index (Phi) is 11.9. The van der Waals surface area contributed by atoms with Gasteiger partial charge in [0, 0.05) is 23.8 Å². The SMILES string of the molecule is COC(=O)Nc1ccc(C(CCNCC(COc2ccccc2)OS(=O)(=O)O)c2ccc(NC(=O)OC)cc2)cc1. The molecule has 0 aromatic heterocycles. The maximum atomic E-state index is 11.5. The van der Waals surface area contributed by atoms with Crippen LogP contribution in [-0.2, 0) is 24.1 Å². The molecule has 1 atom stereocenters. The molecule has 0 radical (unpaired) electrons. The van der Waals surface area contributed by atoms with E-state index in [0.29, 0.717) is 30.1 Å². The highest BCUT2D eigenvalue weighted by Crippen LogP contribution is 2.30. The van der Waals surface area contributed by atoms with Gasteiger partial charge in [-0.2, -0.15) is 8.42 Å². The van der Waals surface area contributed by atoms with Crippen LogP contribution in [0.15, 0.2) is 78.9 Å². The van der Waals surface area contributed by atoms with E-state index in [-0.39, 0.29) is 19.1 Å². The number of rotatable bonds is 14. The van der Waals surface area contributed by atoms with Crippen LogP contribution in [-0.4, -0.2) is 65.2 Å². The number of carbonyl (C=O) groups is 2. The summed E-state index contributed by atoms with van der Waals surface area (Å²) >= 11 is 0. The quantitative estimate of drug-likeness (QED) is 0.157. The molecule has 0 aliphatic carbocycles. The van der Waals surface area contributed by atoms with Crippen LogP contribution in [0, 0.1) is 0 Å². The van der Waals surface area contributed by atoms with Gasteiger partial charge in [0.05, 0.1) is 14.2 Å². The predicted molar refractivity (Wildman–Crippen MR) is 153 cm³/mol. The van der Waals surface area contributed by atoms with Crippen molar-refractivity contribution in [2.45, 2.75) is 18.4 Å². The standard InChI is InChI=1S/C28H33N3O9S/c1-37-27(32)30-22-12-8-20(9-13-22)26(21-10-14-23(15-11-21)31-28(33)38-2)16-17-29-18-25(40-41(34,35)36)19-39-24-6-4-3-5-7-24/h3-15,25-26,29H,16-19H2,1-2H3,(H,30,32)(H,31,33)(H,34,35,36). The van der Waals surface area contributed by atoms with Gasteiger partial charge in [-0.05, 0) is 60.5 Å². The first-order chi connectivity index (χ1) is 19.7. The maximum absolute atomic E-state index is 11.5. The summed E-state index contributed by atoms with van der Waals surface area (Å²) in [7, 11) is -2.13. The number of para-hydroxylation sites is 1. The summed E-state index contributed by atoms with van der Waals surface area (Å²) in [5, 5.41) is 8.41. The number of anilines is 2. The lowest BCUT2D eigenvalue weighted by atomic mass is 9.88. The molecule has 13 heteroatoms. The number of hydrogen-bond acceptors (Lipinski definition) is 9. The molecule has 3 rings (SSSR count). The highest BCUT2D eigenvalue weighted by Gasteiger charge is 2.20. The number of carbonyl (C=O) groups excluding carboxylic acids is 2. The fourth-order valence-corrected chi connectivity index (χ4v) is 4.44. The normalized spacial score (nSPS) is 11.9. The van der Waals surface area contributed by atoms with Crippen molar-refractivity contribution in [3.05, 3.63) is 90.0 Å². The van der Waals surface area contributed by atoms with E-state index in [1.165, 1.54) is 14.2 Å². The van der Waals surface area contributed by atoms with Gasteiger partial charge in [0.2, 0.25) is 0 Å². The summed E-state index contributed by atoms with van der Waals surface area (Å²) in [5.41, 5.74) is 3.04. The lowest BCUT2D eigenvalue weighted by Crippen LogP contribution is -2.36. The molecule has 3 aromatic carbocycles. The van der Waals surface area contributed by atoms with E-state index in [1.807, 2.05) is 30.3 Å². The van der Waals surface area contributed by atoms with Crippen LogP contribution >= 0.6 is 0 Å². The Morgan fingerprint density at radius 1 is 0.805 bits per heavy atom. The minimum atomic E-state index is -4.69. The van der Waals surface area contributed by atoms with Gasteiger partial charge >= 0.3 is 22.6 Å². The van der Waals surface area contributed by atoms with Crippen molar-refractivity contribution in [1.82, 2.24) is 5.32 Å². The number of amides is 2. The fourth-order valence-electron chi connectivity index (χ4n) is 3.97. The zero-order valence-corrected chi connectivity index (χ0v) is 23.4. The second-order valence-corrected chi connectivity index (χ2v) is 9.84. The number of methoxy groups -OCH3 is 2. The second-order valence-electron chi connectivity index (χ2n) is 8.79. The smallest absolute Gasteiger partial charge is 0.411 e. The van der Waals surface area contributed by atoms with Crippen LogP contribution in [0.5, 0.6) is 5.75 Å². The van der Waals surface area contributed by atoms with Gasteiger partial charge in [-0.25, -0.2) is 13.8 Å². The van der Waals surface area contributed by atoms with E-state index in [0.717, 1.165) is 11.1 Å². The second kappa shape index (κ2) is 15.6. The zero-order chi connectivity index (χ0) is 29.7. The molecule has 12 nitrogen and oxygen atoms in total. The lowest BCUT2D eigenvalue weighted by molar-refractivity contribution is 0.118. The Bertz CT molecular complexity index is 1290. The molecule has 0 spiro atoms. The predicted octanol–water partition coefficient (Wildman–Crippen LogP) is 4.42. The third kappa shape index (κ3) is 11.1. The molecule has 0 heterocycles. The van der Waals surface area contributed by atoms with E-state index in [9.17, 15) is 22.6 Å². The molecule has 1 unspecified atom stereocenters. The highest BCUT2D eigenvalue weighted by atomic mass is 32.3. The summed E-state index contributed by atoms with van der Waals surface area (Å²) in [6, 6.07) is 23.4. The average Bonchev–Trinajstić information content (AvgIpc) is 2.96. The number of hydrogen-bond donors (Lipinski definition) is 4. The molecule has 0 aliphatic rings. The Labute approximate surface area is 238 Å². The molecule has 0 saturated heterocycles. The van der Waals surface area contributed by atoms with Crippen molar-refractivity contribution in [2.24, 2.45) is 0 Å². The van der Waals surface area contributed by atoms with Gasteiger partial charge in [0.15, 0.2) is 0 Å². The van der Waals surface area contributed by atoms with Crippen LogP contribution in [0.3, 0.4) is 0 Å². The van der Waals surface area contributed by atoms with Gasteiger partial charge in [0.1, 0.15) is 18.5 Å². The molecule has 220 valence electrons. The van der Waals surface area contributed by atoms with Gasteiger partial charge in [-0.1, -0.05) is 42.5 Å². The summed E-state index contributed by atoms with van der Waals surface area (Å²) < 4.78 is 51.6. The average molecular weight is 588 g/mol. The van der Waals surface area contributed by atoms with Crippen LogP contribution < -0.4 is 20.7 Å². The number of nitrogens with one attached hydrogen (secondary N) is 3. The van der Waals surface area contributed by atoms with Crippen LogP contribution in [0.4, 0.5) is 21.0 Å². The first-order valence-electron chi connectivity index (χ1n) is 12.6. The topological polar surface area (TPSA) is 162 Å². The number of ether oxygens (including phenoxy) is 3. The molecule has 4 N–H and O–H groups in total. The lowest BCUT2D eigenvalue weighted by Gasteiger charge is -2.21. The van der Waals surface area contributed by atoms with E-state index < -0.39 is 28.7 Å². The minimum Gasteiger partial charge on any atom is -0.491 e. The Morgan fingerprint density at radius 2 is 1.32 bits per heavy atom. The van der Waals surface area contributed by atoms with Crippen LogP contribution in [0.25, 0.3) is 0 Å². The molecule has 0 saturated carbocycles. The van der Waals surface area contributed by atoms with Crippen LogP contribution in [0.1, 0.15) is 23.5 Å². The van der Waals surface area contributed by atoms with Crippen molar-refractivity contribution in [3.8, 4) is 5.75 Å². The van der Waals surface area contributed by atoms with E-state index >= 15 is 0 Å². The summed E-state index contributed by atoms with van der Waals surface area (Å²) in [5.74, 6) is 0.426. The van der Waals surface area contributed by atoms with Gasteiger partial charge in [-0.3, -0.25) is 15.2 Å². The van der Waals surface area contributed by atoms with Gasteiger partial charge in [0.25, 0.3) is 0 Å². The largest absolute Gasteiger partial charge is 0.491 e. The Hall–Kier alpha value is -4.17. The van der Waals surface area contributed by atoms with Crippen molar-refractivity contribution in [1.29, 1.82) is 0 Å². The minimum absolute atomic E-state index is 0.0866. The first kappa shape index (κ1) is 31.4.